The minimum absolute atomic E-state index is 0.639. The second-order valence-corrected chi connectivity index (χ2v) is 2.96. The molecule has 0 unspecified atom stereocenters. The Morgan fingerprint density at radius 2 is 2.23 bits per heavy atom. The number of pyridine rings is 1. The molecule has 0 radical (unpaired) electrons. The zero-order valence-corrected chi connectivity index (χ0v) is 7.56. The number of rotatable bonds is 1. The zero-order valence-electron chi connectivity index (χ0n) is 7.56. The summed E-state index contributed by atoms with van der Waals surface area (Å²) in [7, 11) is 1.48. The molecule has 0 fully saturated rings. The molecule has 0 bridgehead atoms. The minimum atomic E-state index is 0.639. The number of hydroxylamine groups is 1. The van der Waals surface area contributed by atoms with Crippen molar-refractivity contribution in [3.8, 4) is 0 Å². The van der Waals surface area contributed by atoms with Gasteiger partial charge in [-0.1, -0.05) is 6.07 Å². The number of anilines is 1. The van der Waals surface area contributed by atoms with Crippen molar-refractivity contribution in [1.29, 1.82) is 0 Å². The van der Waals surface area contributed by atoms with Crippen molar-refractivity contribution >= 4 is 11.2 Å². The molecule has 2 heterocycles. The first kappa shape index (κ1) is 8.07. The van der Waals surface area contributed by atoms with Crippen LogP contribution in [0.2, 0.25) is 0 Å². The molecule has 0 aromatic carbocycles. The predicted octanol–water partition coefficient (Wildman–Crippen LogP) is 1.58. The van der Waals surface area contributed by atoms with Crippen molar-refractivity contribution < 1.29 is 0 Å². The number of nitrogens with zero attached hydrogens (tertiary/aromatic N) is 3. The highest BCUT2D eigenvalue weighted by atomic mass is 16.5. The van der Waals surface area contributed by atoms with Gasteiger partial charge in [-0.25, -0.2) is 4.52 Å². The van der Waals surface area contributed by atoms with Gasteiger partial charge in [-0.15, -0.1) is 0 Å². The molecule has 0 spiro atoms. The smallest absolute Gasteiger partial charge is 0.0890 e. The lowest BCUT2D eigenvalue weighted by Crippen LogP contribution is -2.06. The Hall–Kier alpha value is -1.55. The molecule has 13 heavy (non-hydrogen) atoms. The molecule has 0 saturated carbocycles. The van der Waals surface area contributed by atoms with Gasteiger partial charge < -0.3 is 10.3 Å². The molecule has 0 N–H and O–H groups in total. The van der Waals surface area contributed by atoms with E-state index in [1.165, 1.54) is 7.05 Å². The first-order chi connectivity index (χ1) is 6.20. The summed E-state index contributed by atoms with van der Waals surface area (Å²) in [5, 5.41) is 16.3. The highest BCUT2D eigenvalue weighted by Gasteiger charge is 2.06. The van der Waals surface area contributed by atoms with E-state index in [0.717, 1.165) is 16.3 Å². The average molecular weight is 176 g/mol. The van der Waals surface area contributed by atoms with Gasteiger partial charge in [0.15, 0.2) is 0 Å². The Morgan fingerprint density at radius 3 is 2.92 bits per heavy atom. The lowest BCUT2D eigenvalue weighted by molar-refractivity contribution is 0.934. The van der Waals surface area contributed by atoms with E-state index in [0.29, 0.717) is 5.69 Å². The lowest BCUT2D eigenvalue weighted by Gasteiger charge is -2.23. The van der Waals surface area contributed by atoms with Crippen LogP contribution < -0.4 is 5.06 Å². The summed E-state index contributed by atoms with van der Waals surface area (Å²) >= 11 is 0. The Kier molecular flexibility index (Phi) is 1.70. The third-order valence-corrected chi connectivity index (χ3v) is 2.00. The quantitative estimate of drug-likeness (QED) is 0.619. The van der Waals surface area contributed by atoms with Crippen molar-refractivity contribution in [2.75, 3.05) is 12.1 Å². The maximum Gasteiger partial charge on any atom is 0.0890 e. The summed E-state index contributed by atoms with van der Waals surface area (Å²) in [6.07, 6.45) is 1.83. The molecule has 0 amide bonds. The lowest BCUT2D eigenvalue weighted by atomic mass is 10.3. The average Bonchev–Trinajstić information content (AvgIpc) is 2.39. The van der Waals surface area contributed by atoms with Gasteiger partial charge in [0.1, 0.15) is 0 Å². The topological polar surface area (TPSA) is 43.6 Å². The molecule has 4 nitrogen and oxygen atoms in total. The van der Waals surface area contributed by atoms with Crippen LogP contribution in [-0.2, 0) is 0 Å². The van der Waals surface area contributed by atoms with E-state index >= 15 is 0 Å². The highest BCUT2D eigenvalue weighted by molar-refractivity contribution is 5.75. The highest BCUT2D eigenvalue weighted by Crippen LogP contribution is 2.23. The minimum Gasteiger partial charge on any atom is -0.758 e. The van der Waals surface area contributed by atoms with Gasteiger partial charge in [0.05, 0.1) is 16.9 Å². The molecular weight excluding hydrogens is 166 g/mol. The van der Waals surface area contributed by atoms with Gasteiger partial charge in [-0.05, 0) is 26.1 Å². The zero-order chi connectivity index (χ0) is 9.42. The fourth-order valence-electron chi connectivity index (χ4n) is 1.49. The molecular formula is C9H10N3O-. The number of hydrogen-bond acceptors (Lipinski definition) is 3. The molecule has 4 heteroatoms. The van der Waals surface area contributed by atoms with Crippen LogP contribution in [0.1, 0.15) is 5.69 Å². The number of hydrogen-bond donors (Lipinski definition) is 0. The van der Waals surface area contributed by atoms with Crippen LogP contribution in [0.5, 0.6) is 0 Å². The summed E-state index contributed by atoms with van der Waals surface area (Å²) in [6.45, 7) is 1.83. The fourth-order valence-corrected chi connectivity index (χ4v) is 1.49. The largest absolute Gasteiger partial charge is 0.758 e. The third kappa shape index (κ3) is 1.15. The maximum absolute atomic E-state index is 11.2. The van der Waals surface area contributed by atoms with Crippen LogP contribution in [0, 0.1) is 12.1 Å². The summed E-state index contributed by atoms with van der Waals surface area (Å²) in [6, 6.07) is 5.65. The monoisotopic (exact) mass is 176 g/mol. The molecule has 0 aliphatic carbocycles. The second-order valence-electron chi connectivity index (χ2n) is 2.96. The molecule has 0 aliphatic heterocycles. The van der Waals surface area contributed by atoms with Gasteiger partial charge in [0, 0.05) is 6.20 Å². The van der Waals surface area contributed by atoms with E-state index < -0.39 is 0 Å². The molecule has 2 rings (SSSR count). The van der Waals surface area contributed by atoms with Crippen molar-refractivity contribution in [3.63, 3.8) is 0 Å². The van der Waals surface area contributed by atoms with E-state index in [1.807, 2.05) is 31.3 Å². The summed E-state index contributed by atoms with van der Waals surface area (Å²) in [5.74, 6) is 0. The third-order valence-electron chi connectivity index (χ3n) is 2.00. The molecule has 0 saturated heterocycles. The fraction of sp³-hybridized carbons (Fsp3) is 0.222. The van der Waals surface area contributed by atoms with E-state index in [9.17, 15) is 5.21 Å². The van der Waals surface area contributed by atoms with Crippen LogP contribution in [0.3, 0.4) is 0 Å². The van der Waals surface area contributed by atoms with E-state index in [-0.39, 0.29) is 0 Å². The molecule has 0 aliphatic rings. The van der Waals surface area contributed by atoms with Crippen LogP contribution in [0.4, 0.5) is 5.69 Å². The Bertz CT molecular complexity index is 433. The number of aromatic nitrogens is 2. The Labute approximate surface area is 76.0 Å². The predicted molar refractivity (Wildman–Crippen MR) is 51.7 cm³/mol. The Balaban J connectivity index is 2.78. The first-order valence-electron chi connectivity index (χ1n) is 4.05. The van der Waals surface area contributed by atoms with Gasteiger partial charge in [0.2, 0.25) is 0 Å². The maximum atomic E-state index is 11.2. The van der Waals surface area contributed by atoms with Crippen molar-refractivity contribution in [2.24, 2.45) is 0 Å². The van der Waals surface area contributed by atoms with Gasteiger partial charge >= 0.3 is 0 Å². The van der Waals surface area contributed by atoms with Crippen LogP contribution in [-0.4, -0.2) is 16.7 Å². The normalized spacial score (nSPS) is 10.7. The van der Waals surface area contributed by atoms with Crippen molar-refractivity contribution in [2.45, 2.75) is 6.92 Å². The van der Waals surface area contributed by atoms with Gasteiger partial charge in [-0.2, -0.15) is 5.10 Å². The molecule has 2 aromatic heterocycles. The van der Waals surface area contributed by atoms with Crippen molar-refractivity contribution in [3.05, 3.63) is 35.3 Å². The van der Waals surface area contributed by atoms with Crippen LogP contribution in [0.15, 0.2) is 24.4 Å². The van der Waals surface area contributed by atoms with Gasteiger partial charge in [-0.3, -0.25) is 0 Å². The summed E-state index contributed by atoms with van der Waals surface area (Å²) in [4.78, 5) is 0. The van der Waals surface area contributed by atoms with Crippen LogP contribution >= 0.6 is 0 Å². The number of aryl methyl sites for hydroxylation is 1. The molecule has 68 valence electrons. The van der Waals surface area contributed by atoms with Gasteiger partial charge in [0.25, 0.3) is 0 Å². The number of fused-ring (bicyclic) bond motifs is 1. The Morgan fingerprint density at radius 1 is 1.46 bits per heavy atom. The van der Waals surface area contributed by atoms with Crippen molar-refractivity contribution in [1.82, 2.24) is 9.61 Å². The first-order valence-corrected chi connectivity index (χ1v) is 4.05. The SMILES string of the molecule is Cc1nn2ccccc2c1N(C)[O-]. The van der Waals surface area contributed by atoms with E-state index in [2.05, 4.69) is 5.10 Å². The standard InChI is InChI=1S/C9H10N3O/c1-7-9(11(2)13)8-5-3-4-6-12(8)10-7/h3-6H,1-2H3/q-1. The summed E-state index contributed by atoms with van der Waals surface area (Å²) in [5.41, 5.74) is 2.24. The van der Waals surface area contributed by atoms with E-state index in [1.54, 1.807) is 4.52 Å². The molecule has 2 aromatic rings. The van der Waals surface area contributed by atoms with Crippen LogP contribution in [0.25, 0.3) is 5.52 Å². The summed E-state index contributed by atoms with van der Waals surface area (Å²) < 4.78 is 1.71. The second kappa shape index (κ2) is 2.74. The van der Waals surface area contributed by atoms with E-state index in [4.69, 9.17) is 0 Å². The molecule has 0 atom stereocenters.